The van der Waals surface area contributed by atoms with Gasteiger partial charge >= 0.3 is 0 Å². The minimum atomic E-state index is -0.304. The Morgan fingerprint density at radius 2 is 2.17 bits per heavy atom. The van der Waals surface area contributed by atoms with Crippen LogP contribution in [0.5, 0.6) is 0 Å². The van der Waals surface area contributed by atoms with E-state index in [9.17, 15) is 4.39 Å². The van der Waals surface area contributed by atoms with Gasteiger partial charge in [-0.15, -0.1) is 0 Å². The molecule has 0 radical (unpaired) electrons. The molecule has 0 spiro atoms. The van der Waals surface area contributed by atoms with Crippen molar-refractivity contribution in [1.29, 1.82) is 0 Å². The van der Waals surface area contributed by atoms with Gasteiger partial charge in [0.25, 0.3) is 0 Å². The summed E-state index contributed by atoms with van der Waals surface area (Å²) in [5, 5.41) is 0. The van der Waals surface area contributed by atoms with Crippen LogP contribution in [0.1, 0.15) is 6.92 Å². The second kappa shape index (κ2) is 4.85. The highest BCUT2D eigenvalue weighted by molar-refractivity contribution is 9.10. The lowest BCUT2D eigenvalue weighted by Crippen LogP contribution is -2.29. The minimum Gasteiger partial charge on any atom is -0.369 e. The lowest BCUT2D eigenvalue weighted by molar-refractivity contribution is 0.287. The van der Waals surface area contributed by atoms with E-state index in [0.717, 1.165) is 5.52 Å². The number of anilines is 1. The number of likely N-dealkylation sites (N-methyl/N-ethyl adjacent to an activating group) is 1. The maximum absolute atomic E-state index is 13.6. The number of halogens is 2. The fraction of sp³-hybridized carbons (Fsp3) is 0.417. The third-order valence-corrected chi connectivity index (χ3v) is 3.76. The average Bonchev–Trinajstić information content (AvgIpc) is 2.56. The first kappa shape index (κ1) is 13.3. The van der Waals surface area contributed by atoms with Crippen molar-refractivity contribution < 1.29 is 4.39 Å². The molecule has 0 aliphatic rings. The van der Waals surface area contributed by atoms with Crippen molar-refractivity contribution in [3.05, 3.63) is 22.4 Å². The van der Waals surface area contributed by atoms with Crippen molar-refractivity contribution in [3.63, 3.8) is 0 Å². The van der Waals surface area contributed by atoms with E-state index in [1.165, 1.54) is 6.07 Å². The lowest BCUT2D eigenvalue weighted by atomic mass is 10.2. The standard InChI is InChI=1S/C12H16BrFN4/c1-7(17(2)3)6-18-11-5-9(14)8(13)4-10(11)16-12(18)15/h4-5,7H,6H2,1-3H3,(H2,15,16). The van der Waals surface area contributed by atoms with Crippen molar-refractivity contribution in [3.8, 4) is 0 Å². The van der Waals surface area contributed by atoms with Crippen molar-refractivity contribution in [2.75, 3.05) is 19.8 Å². The first-order valence-corrected chi connectivity index (χ1v) is 6.46. The molecule has 2 aromatic rings. The van der Waals surface area contributed by atoms with Crippen LogP contribution in [0.15, 0.2) is 16.6 Å². The van der Waals surface area contributed by atoms with Crippen LogP contribution in [-0.4, -0.2) is 34.6 Å². The van der Waals surface area contributed by atoms with Crippen LogP contribution in [0, 0.1) is 5.82 Å². The monoisotopic (exact) mass is 314 g/mol. The van der Waals surface area contributed by atoms with E-state index >= 15 is 0 Å². The molecule has 1 heterocycles. The zero-order valence-electron chi connectivity index (χ0n) is 10.6. The number of hydrogen-bond donors (Lipinski definition) is 1. The average molecular weight is 315 g/mol. The normalized spacial score (nSPS) is 13.4. The number of hydrogen-bond acceptors (Lipinski definition) is 3. The summed E-state index contributed by atoms with van der Waals surface area (Å²) in [6.45, 7) is 2.76. The second-order valence-electron chi connectivity index (χ2n) is 4.65. The number of nitrogens with two attached hydrogens (primary N) is 1. The molecule has 0 aliphatic heterocycles. The topological polar surface area (TPSA) is 47.1 Å². The van der Waals surface area contributed by atoms with E-state index in [0.29, 0.717) is 22.5 Å². The molecule has 0 bridgehead atoms. The van der Waals surface area contributed by atoms with Crippen LogP contribution in [-0.2, 0) is 6.54 Å². The summed E-state index contributed by atoms with van der Waals surface area (Å²) in [4.78, 5) is 6.34. The number of nitrogens with zero attached hydrogens (tertiary/aromatic N) is 3. The van der Waals surface area contributed by atoms with E-state index in [1.54, 1.807) is 6.07 Å². The molecule has 0 fully saturated rings. The predicted molar refractivity (Wildman–Crippen MR) is 75.0 cm³/mol. The number of rotatable bonds is 3. The molecule has 1 aromatic carbocycles. The summed E-state index contributed by atoms with van der Waals surface area (Å²) in [5.41, 5.74) is 7.32. The Bertz CT molecular complexity index is 579. The fourth-order valence-corrected chi connectivity index (χ4v) is 2.09. The van der Waals surface area contributed by atoms with Gasteiger partial charge in [0, 0.05) is 18.7 Å². The molecule has 18 heavy (non-hydrogen) atoms. The molecule has 0 amide bonds. The number of fused-ring (bicyclic) bond motifs is 1. The zero-order chi connectivity index (χ0) is 13.4. The third kappa shape index (κ3) is 2.35. The van der Waals surface area contributed by atoms with Crippen LogP contribution in [0.4, 0.5) is 10.3 Å². The summed E-state index contributed by atoms with van der Waals surface area (Å²) in [6.07, 6.45) is 0. The van der Waals surface area contributed by atoms with Gasteiger partial charge in [0.1, 0.15) is 5.82 Å². The van der Waals surface area contributed by atoms with Gasteiger partial charge in [-0.2, -0.15) is 0 Å². The molecule has 2 N–H and O–H groups in total. The molecule has 2 rings (SSSR count). The lowest BCUT2D eigenvalue weighted by Gasteiger charge is -2.21. The molecule has 1 atom stereocenters. The molecule has 0 saturated carbocycles. The van der Waals surface area contributed by atoms with Crippen LogP contribution in [0.2, 0.25) is 0 Å². The molecular weight excluding hydrogens is 299 g/mol. The summed E-state index contributed by atoms with van der Waals surface area (Å²) in [5.74, 6) is 0.109. The highest BCUT2D eigenvalue weighted by atomic mass is 79.9. The largest absolute Gasteiger partial charge is 0.369 e. The summed E-state index contributed by atoms with van der Waals surface area (Å²) >= 11 is 3.15. The van der Waals surface area contributed by atoms with E-state index < -0.39 is 0 Å². The van der Waals surface area contributed by atoms with E-state index in [4.69, 9.17) is 5.73 Å². The first-order chi connectivity index (χ1) is 8.40. The number of imidazole rings is 1. The fourth-order valence-electron chi connectivity index (χ4n) is 1.76. The van der Waals surface area contributed by atoms with E-state index in [1.807, 2.05) is 18.7 Å². The number of aromatic nitrogens is 2. The van der Waals surface area contributed by atoms with E-state index in [2.05, 4.69) is 32.7 Å². The van der Waals surface area contributed by atoms with Crippen LogP contribution in [0.3, 0.4) is 0 Å². The van der Waals surface area contributed by atoms with Crippen molar-refractivity contribution >= 4 is 32.9 Å². The van der Waals surface area contributed by atoms with Gasteiger partial charge in [-0.1, -0.05) is 0 Å². The van der Waals surface area contributed by atoms with Gasteiger partial charge in [0.05, 0.1) is 15.5 Å². The maximum Gasteiger partial charge on any atom is 0.201 e. The Labute approximate surface area is 114 Å². The van der Waals surface area contributed by atoms with Crippen molar-refractivity contribution in [2.24, 2.45) is 0 Å². The first-order valence-electron chi connectivity index (χ1n) is 5.67. The van der Waals surface area contributed by atoms with Crippen molar-refractivity contribution in [1.82, 2.24) is 14.5 Å². The van der Waals surface area contributed by atoms with Gasteiger partial charge < -0.3 is 15.2 Å². The molecule has 98 valence electrons. The Hall–Kier alpha value is -1.14. The molecule has 6 heteroatoms. The molecule has 0 saturated heterocycles. The number of benzene rings is 1. The summed E-state index contributed by atoms with van der Waals surface area (Å²) in [7, 11) is 3.99. The highest BCUT2D eigenvalue weighted by Gasteiger charge is 2.14. The number of nitrogen functional groups attached to an aromatic ring is 1. The second-order valence-corrected chi connectivity index (χ2v) is 5.50. The third-order valence-electron chi connectivity index (χ3n) is 3.15. The molecular formula is C12H16BrFN4. The van der Waals surface area contributed by atoms with E-state index in [-0.39, 0.29) is 11.9 Å². The molecule has 1 aromatic heterocycles. The van der Waals surface area contributed by atoms with Gasteiger partial charge in [-0.25, -0.2) is 9.37 Å². The summed E-state index contributed by atoms with van der Waals surface area (Å²) in [6, 6.07) is 3.40. The Morgan fingerprint density at radius 1 is 1.50 bits per heavy atom. The SMILES string of the molecule is CC(Cn1c(N)nc2cc(Br)c(F)cc21)N(C)C. The highest BCUT2D eigenvalue weighted by Crippen LogP contribution is 2.25. The minimum absolute atomic E-state index is 0.288. The Balaban J connectivity index is 2.50. The summed E-state index contributed by atoms with van der Waals surface area (Å²) < 4.78 is 15.8. The van der Waals surface area contributed by atoms with Crippen LogP contribution >= 0.6 is 15.9 Å². The predicted octanol–water partition coefficient (Wildman–Crippen LogP) is 2.47. The quantitative estimate of drug-likeness (QED) is 0.946. The molecule has 4 nitrogen and oxygen atoms in total. The van der Waals surface area contributed by atoms with Gasteiger partial charge in [-0.05, 0) is 43.0 Å². The Kier molecular flexibility index (Phi) is 3.59. The zero-order valence-corrected chi connectivity index (χ0v) is 12.2. The maximum atomic E-state index is 13.6. The van der Waals surface area contributed by atoms with Gasteiger partial charge in [0.15, 0.2) is 0 Å². The van der Waals surface area contributed by atoms with Gasteiger partial charge in [-0.3, -0.25) is 0 Å². The Morgan fingerprint density at radius 3 is 2.78 bits per heavy atom. The molecule has 1 unspecified atom stereocenters. The molecule has 0 aliphatic carbocycles. The van der Waals surface area contributed by atoms with Crippen LogP contribution in [0.25, 0.3) is 11.0 Å². The van der Waals surface area contributed by atoms with Gasteiger partial charge in [0.2, 0.25) is 5.95 Å². The van der Waals surface area contributed by atoms with Crippen molar-refractivity contribution in [2.45, 2.75) is 19.5 Å². The smallest absolute Gasteiger partial charge is 0.201 e. The van der Waals surface area contributed by atoms with Crippen LogP contribution < -0.4 is 5.73 Å².